The number of rotatable bonds is 3. The molecule has 0 radical (unpaired) electrons. The lowest BCUT2D eigenvalue weighted by Crippen LogP contribution is -2.16. The van der Waals surface area contributed by atoms with Crippen molar-refractivity contribution in [1.82, 2.24) is 0 Å². The molecule has 0 aromatic carbocycles. The second-order valence-electron chi connectivity index (χ2n) is 8.28. The predicted molar refractivity (Wildman–Crippen MR) is 104 cm³/mol. The van der Waals surface area contributed by atoms with Crippen LogP contribution in [0, 0.1) is 23.7 Å². The Hall–Kier alpha value is -1.09. The van der Waals surface area contributed by atoms with Crippen molar-refractivity contribution < 1.29 is 14.6 Å². The highest BCUT2D eigenvalue weighted by atomic mass is 16.5. The van der Waals surface area contributed by atoms with Crippen LogP contribution in [0.25, 0.3) is 0 Å². The molecular formula is C22H38O3. The van der Waals surface area contributed by atoms with Gasteiger partial charge in [0.15, 0.2) is 0 Å². The van der Waals surface area contributed by atoms with Gasteiger partial charge in [0.05, 0.1) is 6.61 Å². The summed E-state index contributed by atoms with van der Waals surface area (Å²) < 4.78 is 5.10. The fraction of sp³-hybridized carbons (Fsp3) is 0.773. The number of ether oxygens (including phenoxy) is 1. The first-order chi connectivity index (χ1) is 11.7. The third-order valence-corrected chi connectivity index (χ3v) is 5.95. The maximum absolute atomic E-state index is 10.7. The zero-order valence-electron chi connectivity index (χ0n) is 17.3. The van der Waals surface area contributed by atoms with E-state index < -0.39 is 0 Å². The first-order valence-corrected chi connectivity index (χ1v) is 9.75. The van der Waals surface area contributed by atoms with Gasteiger partial charge >= 0.3 is 5.97 Å². The van der Waals surface area contributed by atoms with Gasteiger partial charge in [-0.05, 0) is 65.2 Å². The number of allylic oxidation sites excluding steroid dienone is 2. The van der Waals surface area contributed by atoms with Gasteiger partial charge in [0.1, 0.15) is 0 Å². The number of aliphatic hydroxyl groups excluding tert-OH is 1. The summed E-state index contributed by atoms with van der Waals surface area (Å²) in [6, 6.07) is 0. The monoisotopic (exact) mass is 350 g/mol. The van der Waals surface area contributed by atoms with Gasteiger partial charge in [-0.1, -0.05) is 36.1 Å². The van der Waals surface area contributed by atoms with Gasteiger partial charge in [-0.2, -0.15) is 0 Å². The van der Waals surface area contributed by atoms with Crippen LogP contribution in [0.5, 0.6) is 0 Å². The Labute approximate surface area is 154 Å². The average Bonchev–Trinajstić information content (AvgIpc) is 3.08. The van der Waals surface area contributed by atoms with E-state index in [2.05, 4.69) is 41.5 Å². The largest absolute Gasteiger partial charge is 0.465 e. The summed E-state index contributed by atoms with van der Waals surface area (Å²) in [6.07, 6.45) is 4.86. The molecule has 2 fully saturated rings. The van der Waals surface area contributed by atoms with Gasteiger partial charge in [-0.25, -0.2) is 0 Å². The number of hydrogen-bond donors (Lipinski definition) is 1. The SMILES string of the molecule is CC(=O)OCC1C(=C(C)C)CCC1C.CC(C)=C1CCC(C)C1CO. The maximum Gasteiger partial charge on any atom is 0.302 e. The number of esters is 1. The number of carbonyl (C=O) groups excluding carboxylic acids is 1. The molecule has 25 heavy (non-hydrogen) atoms. The molecule has 3 heteroatoms. The van der Waals surface area contributed by atoms with E-state index in [1.165, 1.54) is 54.9 Å². The van der Waals surface area contributed by atoms with Gasteiger partial charge in [-0.3, -0.25) is 4.79 Å². The van der Waals surface area contributed by atoms with Gasteiger partial charge < -0.3 is 9.84 Å². The molecule has 2 rings (SSSR count). The van der Waals surface area contributed by atoms with Crippen molar-refractivity contribution in [3.63, 3.8) is 0 Å². The lowest BCUT2D eigenvalue weighted by atomic mass is 9.93. The molecule has 144 valence electrons. The first-order valence-electron chi connectivity index (χ1n) is 9.75. The van der Waals surface area contributed by atoms with Crippen molar-refractivity contribution >= 4 is 5.97 Å². The van der Waals surface area contributed by atoms with Crippen LogP contribution in [0.2, 0.25) is 0 Å². The van der Waals surface area contributed by atoms with Crippen molar-refractivity contribution in [2.75, 3.05) is 13.2 Å². The molecule has 1 N–H and O–H groups in total. The number of carbonyl (C=O) groups is 1. The summed E-state index contributed by atoms with van der Waals surface area (Å²) in [6.45, 7) is 15.4. The molecule has 0 aliphatic heterocycles. The summed E-state index contributed by atoms with van der Waals surface area (Å²) in [7, 11) is 0. The van der Waals surface area contributed by atoms with Crippen LogP contribution in [-0.4, -0.2) is 24.3 Å². The smallest absolute Gasteiger partial charge is 0.302 e. The van der Waals surface area contributed by atoms with Gasteiger partial charge in [-0.15, -0.1) is 0 Å². The third kappa shape index (κ3) is 6.29. The summed E-state index contributed by atoms with van der Waals surface area (Å²) in [5, 5.41) is 9.12. The highest BCUT2D eigenvalue weighted by Gasteiger charge is 2.29. The highest BCUT2D eigenvalue weighted by molar-refractivity contribution is 5.65. The van der Waals surface area contributed by atoms with Crippen molar-refractivity contribution in [1.29, 1.82) is 0 Å². The molecule has 0 aromatic heterocycles. The quantitative estimate of drug-likeness (QED) is 0.555. The van der Waals surface area contributed by atoms with E-state index in [0.29, 0.717) is 36.9 Å². The molecular weight excluding hydrogens is 312 g/mol. The average molecular weight is 351 g/mol. The van der Waals surface area contributed by atoms with Crippen LogP contribution in [0.1, 0.15) is 74.1 Å². The Bertz CT molecular complexity index is 507. The van der Waals surface area contributed by atoms with Gasteiger partial charge in [0.25, 0.3) is 0 Å². The van der Waals surface area contributed by atoms with Crippen molar-refractivity contribution in [3.05, 3.63) is 22.3 Å². The molecule has 2 aliphatic rings. The Kier molecular flexibility index (Phi) is 8.92. The minimum atomic E-state index is -0.169. The second-order valence-corrected chi connectivity index (χ2v) is 8.28. The molecule has 0 bridgehead atoms. The van der Waals surface area contributed by atoms with E-state index in [4.69, 9.17) is 9.84 Å². The molecule has 0 aromatic rings. The molecule has 0 amide bonds. The zero-order valence-corrected chi connectivity index (χ0v) is 17.3. The van der Waals surface area contributed by atoms with Crippen molar-refractivity contribution in [2.45, 2.75) is 74.1 Å². The van der Waals surface area contributed by atoms with Crippen LogP contribution in [0.3, 0.4) is 0 Å². The van der Waals surface area contributed by atoms with E-state index >= 15 is 0 Å². The molecule has 0 heterocycles. The predicted octanol–water partition coefficient (Wildman–Crippen LogP) is 5.29. The third-order valence-electron chi connectivity index (χ3n) is 5.95. The second kappa shape index (κ2) is 10.2. The van der Waals surface area contributed by atoms with Crippen molar-refractivity contribution in [3.8, 4) is 0 Å². The minimum Gasteiger partial charge on any atom is -0.465 e. The zero-order chi connectivity index (χ0) is 19.1. The van der Waals surface area contributed by atoms with Crippen LogP contribution in [0.4, 0.5) is 0 Å². The summed E-state index contributed by atoms with van der Waals surface area (Å²) in [5.74, 6) is 2.09. The van der Waals surface area contributed by atoms with Gasteiger partial charge in [0.2, 0.25) is 0 Å². The molecule has 4 unspecified atom stereocenters. The minimum absolute atomic E-state index is 0.169. The van der Waals surface area contributed by atoms with Gasteiger partial charge in [0, 0.05) is 25.4 Å². The van der Waals surface area contributed by atoms with E-state index in [1.807, 2.05) is 0 Å². The standard InChI is InChI=1S/C12H20O2.C10H18O/c1-8(2)11-6-5-9(3)12(11)7-14-10(4)13;1-7(2)9-5-4-8(3)10(9)6-11/h9,12H,5-7H2,1-4H3;8,10-11H,4-6H2,1-3H3. The van der Waals surface area contributed by atoms with Crippen LogP contribution >= 0.6 is 0 Å². The van der Waals surface area contributed by atoms with E-state index in [1.54, 1.807) is 0 Å². The van der Waals surface area contributed by atoms with Crippen molar-refractivity contribution in [2.24, 2.45) is 23.7 Å². The molecule has 2 aliphatic carbocycles. The Morgan fingerprint density at radius 1 is 0.920 bits per heavy atom. The molecule has 0 saturated heterocycles. The highest BCUT2D eigenvalue weighted by Crippen LogP contribution is 2.38. The fourth-order valence-corrected chi connectivity index (χ4v) is 4.23. The van der Waals surface area contributed by atoms with Crippen LogP contribution < -0.4 is 0 Å². The lowest BCUT2D eigenvalue weighted by Gasteiger charge is -2.17. The number of aliphatic hydroxyl groups is 1. The van der Waals surface area contributed by atoms with E-state index in [-0.39, 0.29) is 5.97 Å². The van der Waals surface area contributed by atoms with E-state index in [0.717, 1.165) is 0 Å². The lowest BCUT2D eigenvalue weighted by molar-refractivity contribution is -0.142. The van der Waals surface area contributed by atoms with Crippen LogP contribution in [0.15, 0.2) is 22.3 Å². The summed E-state index contributed by atoms with van der Waals surface area (Å²) in [5.41, 5.74) is 5.80. The molecule has 0 spiro atoms. The Morgan fingerprint density at radius 2 is 1.36 bits per heavy atom. The fourth-order valence-electron chi connectivity index (χ4n) is 4.23. The summed E-state index contributed by atoms with van der Waals surface area (Å²) >= 11 is 0. The molecule has 2 saturated carbocycles. The van der Waals surface area contributed by atoms with E-state index in [9.17, 15) is 4.79 Å². The molecule has 4 atom stereocenters. The topological polar surface area (TPSA) is 46.5 Å². The normalized spacial score (nSPS) is 28.5. The Morgan fingerprint density at radius 3 is 1.72 bits per heavy atom. The summed E-state index contributed by atoms with van der Waals surface area (Å²) in [4.78, 5) is 10.7. The Balaban J connectivity index is 0.000000257. The first kappa shape index (κ1) is 22.0. The van der Waals surface area contributed by atoms with Crippen LogP contribution in [-0.2, 0) is 9.53 Å². The number of hydrogen-bond acceptors (Lipinski definition) is 3. The molecule has 3 nitrogen and oxygen atoms in total. The maximum atomic E-state index is 10.7.